The van der Waals surface area contributed by atoms with E-state index in [4.69, 9.17) is 5.73 Å². The van der Waals surface area contributed by atoms with Crippen LogP contribution in [0.15, 0.2) is 17.0 Å². The van der Waals surface area contributed by atoms with Gasteiger partial charge in [0.1, 0.15) is 5.82 Å². The van der Waals surface area contributed by atoms with Crippen LogP contribution in [0.3, 0.4) is 0 Å². The largest absolute Gasteiger partial charge is 0.396 e. The highest BCUT2D eigenvalue weighted by molar-refractivity contribution is 7.89. The molecule has 0 aliphatic carbocycles. The second kappa shape index (κ2) is 5.25. The maximum atomic E-state index is 13.6. The number of hydrogen-bond acceptors (Lipinski definition) is 3. The fourth-order valence-corrected chi connectivity index (χ4v) is 4.34. The topological polar surface area (TPSA) is 63.4 Å². The van der Waals surface area contributed by atoms with E-state index in [0.717, 1.165) is 6.42 Å². The van der Waals surface area contributed by atoms with Crippen molar-refractivity contribution in [3.05, 3.63) is 23.5 Å². The number of nitrogen functional groups attached to an aromatic ring is 1. The van der Waals surface area contributed by atoms with Gasteiger partial charge in [0.2, 0.25) is 10.0 Å². The van der Waals surface area contributed by atoms with E-state index in [9.17, 15) is 12.8 Å². The van der Waals surface area contributed by atoms with E-state index in [1.54, 1.807) is 0 Å². The zero-order valence-corrected chi connectivity index (χ0v) is 13.8. The van der Waals surface area contributed by atoms with Crippen LogP contribution in [0.25, 0.3) is 0 Å². The molecule has 0 spiro atoms. The van der Waals surface area contributed by atoms with Gasteiger partial charge in [0.05, 0.1) is 10.6 Å². The second-order valence-corrected chi connectivity index (χ2v) is 8.80. The molecule has 2 rings (SSSR count). The summed E-state index contributed by atoms with van der Waals surface area (Å²) in [6.45, 7) is 8.88. The molecule has 1 aromatic rings. The molecular weight excluding hydrogens is 291 g/mol. The lowest BCUT2D eigenvalue weighted by atomic mass is 9.80. The van der Waals surface area contributed by atoms with E-state index in [-0.39, 0.29) is 21.6 Å². The van der Waals surface area contributed by atoms with Gasteiger partial charge in [-0.2, -0.15) is 4.31 Å². The molecule has 0 radical (unpaired) electrons. The third kappa shape index (κ3) is 3.06. The van der Waals surface area contributed by atoms with Crippen molar-refractivity contribution in [3.63, 3.8) is 0 Å². The molecule has 0 amide bonds. The lowest BCUT2D eigenvalue weighted by Gasteiger charge is -2.27. The van der Waals surface area contributed by atoms with Crippen LogP contribution in [-0.4, -0.2) is 25.8 Å². The number of anilines is 1. The van der Waals surface area contributed by atoms with Crippen molar-refractivity contribution in [2.24, 2.45) is 11.3 Å². The number of hydrogen-bond donors (Lipinski definition) is 1. The second-order valence-electron chi connectivity index (χ2n) is 6.86. The van der Waals surface area contributed by atoms with E-state index < -0.39 is 15.8 Å². The molecule has 1 unspecified atom stereocenters. The molecule has 1 aromatic carbocycles. The van der Waals surface area contributed by atoms with Crippen LogP contribution >= 0.6 is 0 Å². The van der Waals surface area contributed by atoms with E-state index in [1.165, 1.54) is 23.4 Å². The van der Waals surface area contributed by atoms with Crippen LogP contribution in [-0.2, 0) is 10.0 Å². The first-order chi connectivity index (χ1) is 9.53. The molecule has 1 saturated heterocycles. The van der Waals surface area contributed by atoms with Gasteiger partial charge in [-0.15, -0.1) is 0 Å². The van der Waals surface area contributed by atoms with Gasteiger partial charge in [-0.05, 0) is 42.4 Å². The molecule has 1 heterocycles. The minimum atomic E-state index is -3.61. The Morgan fingerprint density at radius 1 is 1.33 bits per heavy atom. The van der Waals surface area contributed by atoms with Crippen molar-refractivity contribution in [3.8, 4) is 0 Å². The predicted octanol–water partition coefficient (Wildman–Crippen LogP) is 2.77. The van der Waals surface area contributed by atoms with Crippen LogP contribution in [0.4, 0.5) is 10.1 Å². The molecule has 2 N–H and O–H groups in total. The first-order valence-corrected chi connectivity index (χ1v) is 8.53. The van der Waals surface area contributed by atoms with Crippen LogP contribution in [0.5, 0.6) is 0 Å². The molecule has 4 nitrogen and oxygen atoms in total. The van der Waals surface area contributed by atoms with E-state index in [2.05, 4.69) is 20.8 Å². The fraction of sp³-hybridized carbons (Fsp3) is 0.600. The molecule has 1 aliphatic heterocycles. The molecule has 0 saturated carbocycles. The highest BCUT2D eigenvalue weighted by Crippen LogP contribution is 2.36. The lowest BCUT2D eigenvalue weighted by molar-refractivity contribution is 0.252. The Hall–Kier alpha value is -1.14. The van der Waals surface area contributed by atoms with Gasteiger partial charge in [0, 0.05) is 13.1 Å². The summed E-state index contributed by atoms with van der Waals surface area (Å²) in [5.74, 6) is -0.228. The van der Waals surface area contributed by atoms with Crippen LogP contribution in [0.2, 0.25) is 0 Å². The molecule has 118 valence electrons. The van der Waals surface area contributed by atoms with Gasteiger partial charge >= 0.3 is 0 Å². The zero-order valence-electron chi connectivity index (χ0n) is 13.0. The Morgan fingerprint density at radius 2 is 1.95 bits per heavy atom. The molecule has 1 aliphatic rings. The summed E-state index contributed by atoms with van der Waals surface area (Å²) < 4.78 is 40.4. The molecule has 0 bridgehead atoms. The quantitative estimate of drug-likeness (QED) is 0.854. The first-order valence-electron chi connectivity index (χ1n) is 7.09. The summed E-state index contributed by atoms with van der Waals surface area (Å²) in [7, 11) is -3.61. The summed E-state index contributed by atoms with van der Waals surface area (Å²) in [4.78, 5) is 0.0773. The number of benzene rings is 1. The summed E-state index contributed by atoms with van der Waals surface area (Å²) in [5, 5.41) is 0. The predicted molar refractivity (Wildman–Crippen MR) is 81.9 cm³/mol. The zero-order chi connectivity index (χ0) is 16.0. The number of rotatable bonds is 2. The van der Waals surface area contributed by atoms with Crippen molar-refractivity contribution in [2.75, 3.05) is 18.8 Å². The summed E-state index contributed by atoms with van der Waals surface area (Å²) >= 11 is 0. The number of nitrogens with zero attached hydrogens (tertiary/aromatic N) is 1. The smallest absolute Gasteiger partial charge is 0.243 e. The van der Waals surface area contributed by atoms with Gasteiger partial charge < -0.3 is 5.73 Å². The SMILES string of the molecule is Cc1cc(S(=O)(=O)N2CCC(C(C)(C)C)C2)cc(N)c1F. The van der Waals surface area contributed by atoms with Gasteiger partial charge in [-0.3, -0.25) is 0 Å². The molecule has 1 fully saturated rings. The monoisotopic (exact) mass is 314 g/mol. The Labute approximate surface area is 126 Å². The molecule has 0 aromatic heterocycles. The Bertz CT molecular complexity index is 627. The summed E-state index contributed by atoms with van der Waals surface area (Å²) in [6, 6.07) is 2.56. The van der Waals surface area contributed by atoms with Crippen molar-refractivity contribution < 1.29 is 12.8 Å². The third-order valence-electron chi connectivity index (χ3n) is 4.27. The number of aryl methyl sites for hydroxylation is 1. The minimum Gasteiger partial charge on any atom is -0.396 e. The summed E-state index contributed by atoms with van der Waals surface area (Å²) in [6.07, 6.45) is 0.846. The Kier molecular flexibility index (Phi) is 4.06. The first kappa shape index (κ1) is 16.2. The van der Waals surface area contributed by atoms with E-state index in [1.807, 2.05) is 0 Å². The Balaban J connectivity index is 2.32. The van der Waals surface area contributed by atoms with Gasteiger partial charge in [-0.1, -0.05) is 20.8 Å². The number of nitrogens with two attached hydrogens (primary N) is 1. The van der Waals surface area contributed by atoms with Crippen LogP contribution in [0.1, 0.15) is 32.8 Å². The Morgan fingerprint density at radius 3 is 2.43 bits per heavy atom. The van der Waals surface area contributed by atoms with Gasteiger partial charge in [0.25, 0.3) is 0 Å². The van der Waals surface area contributed by atoms with Gasteiger partial charge in [0.15, 0.2) is 0 Å². The van der Waals surface area contributed by atoms with Crippen molar-refractivity contribution in [1.29, 1.82) is 0 Å². The number of halogens is 1. The highest BCUT2D eigenvalue weighted by Gasteiger charge is 2.37. The van der Waals surface area contributed by atoms with Gasteiger partial charge in [-0.25, -0.2) is 12.8 Å². The molecule has 21 heavy (non-hydrogen) atoms. The van der Waals surface area contributed by atoms with E-state index >= 15 is 0 Å². The van der Waals surface area contributed by atoms with Crippen molar-refractivity contribution >= 4 is 15.7 Å². The normalized spacial score (nSPS) is 20.9. The molecule has 6 heteroatoms. The standard InChI is InChI=1S/C15H23FN2O2S/c1-10-7-12(8-13(17)14(10)16)21(19,20)18-6-5-11(9-18)15(2,3)4/h7-8,11H,5-6,9,17H2,1-4H3. The molecular formula is C15H23FN2O2S. The van der Waals surface area contributed by atoms with Crippen molar-refractivity contribution in [2.45, 2.75) is 39.0 Å². The van der Waals surface area contributed by atoms with Crippen LogP contribution in [0, 0.1) is 24.1 Å². The maximum absolute atomic E-state index is 13.6. The fourth-order valence-electron chi connectivity index (χ4n) is 2.71. The average molecular weight is 314 g/mol. The number of sulfonamides is 1. The van der Waals surface area contributed by atoms with Crippen molar-refractivity contribution in [1.82, 2.24) is 4.31 Å². The average Bonchev–Trinajstić information content (AvgIpc) is 2.85. The summed E-state index contributed by atoms with van der Waals surface area (Å²) in [5.41, 5.74) is 5.75. The molecule has 1 atom stereocenters. The maximum Gasteiger partial charge on any atom is 0.243 e. The lowest BCUT2D eigenvalue weighted by Crippen LogP contribution is -2.31. The minimum absolute atomic E-state index is 0.0714. The van der Waals surface area contributed by atoms with E-state index in [0.29, 0.717) is 19.0 Å². The third-order valence-corrected chi connectivity index (χ3v) is 6.11. The highest BCUT2D eigenvalue weighted by atomic mass is 32.2. The van der Waals surface area contributed by atoms with Crippen LogP contribution < -0.4 is 5.73 Å².